The van der Waals surface area contributed by atoms with Crippen molar-refractivity contribution in [2.75, 3.05) is 44.9 Å². The van der Waals surface area contributed by atoms with Gasteiger partial charge in [0.15, 0.2) is 5.75 Å². The smallest absolute Gasteiger partial charge is 0.152 e. The van der Waals surface area contributed by atoms with Gasteiger partial charge in [0.2, 0.25) is 0 Å². The molecular formula is C28H34N4O2. The number of aromatic nitrogens is 1. The monoisotopic (exact) mass is 458 g/mol. The van der Waals surface area contributed by atoms with Gasteiger partial charge in [0.05, 0.1) is 12.8 Å². The summed E-state index contributed by atoms with van der Waals surface area (Å²) in [5.74, 6) is 1.95. The Morgan fingerprint density at radius 2 is 1.85 bits per heavy atom. The Kier molecular flexibility index (Phi) is 6.02. The number of hydrogen-bond donors (Lipinski definition) is 0. The van der Waals surface area contributed by atoms with E-state index in [1.165, 1.54) is 47.9 Å². The Morgan fingerprint density at radius 1 is 1.03 bits per heavy atom. The second-order valence-corrected chi connectivity index (χ2v) is 9.82. The number of pyridine rings is 1. The molecule has 0 amide bonds. The van der Waals surface area contributed by atoms with Gasteiger partial charge in [-0.3, -0.25) is 14.8 Å². The molecule has 0 atom stereocenters. The second kappa shape index (κ2) is 9.43. The van der Waals surface area contributed by atoms with Crippen LogP contribution < -0.4 is 14.4 Å². The normalized spacial score (nSPS) is 19.9. The summed E-state index contributed by atoms with van der Waals surface area (Å²) in [7, 11) is 1.75. The molecule has 2 aromatic carbocycles. The number of rotatable bonds is 5. The van der Waals surface area contributed by atoms with Gasteiger partial charge in [-0.1, -0.05) is 31.0 Å². The zero-order valence-corrected chi connectivity index (χ0v) is 20.1. The van der Waals surface area contributed by atoms with Gasteiger partial charge in [-0.2, -0.15) is 0 Å². The Hall–Kier alpha value is -2.83. The number of benzene rings is 2. The van der Waals surface area contributed by atoms with E-state index < -0.39 is 0 Å². The van der Waals surface area contributed by atoms with Crippen LogP contribution >= 0.6 is 0 Å². The number of hydrogen-bond acceptors (Lipinski definition) is 6. The number of anilines is 1. The maximum absolute atomic E-state index is 6.32. The molecule has 1 aliphatic carbocycles. The maximum atomic E-state index is 6.32. The molecule has 0 radical (unpaired) electrons. The van der Waals surface area contributed by atoms with Crippen molar-refractivity contribution in [3.63, 3.8) is 0 Å². The van der Waals surface area contributed by atoms with E-state index in [0.717, 1.165) is 56.3 Å². The zero-order valence-electron chi connectivity index (χ0n) is 20.1. The van der Waals surface area contributed by atoms with Crippen LogP contribution in [0.2, 0.25) is 0 Å². The number of para-hydroxylation sites is 2. The summed E-state index contributed by atoms with van der Waals surface area (Å²) >= 11 is 0. The number of methoxy groups -OCH3 is 1. The first-order valence-electron chi connectivity index (χ1n) is 12.7. The van der Waals surface area contributed by atoms with Gasteiger partial charge in [-0.05, 0) is 42.7 Å². The van der Waals surface area contributed by atoms with Crippen molar-refractivity contribution in [3.05, 3.63) is 59.8 Å². The molecule has 34 heavy (non-hydrogen) atoms. The minimum absolute atomic E-state index is 0.666. The Labute approximate surface area is 202 Å². The summed E-state index contributed by atoms with van der Waals surface area (Å²) in [6, 6.07) is 15.6. The maximum Gasteiger partial charge on any atom is 0.152 e. The molecule has 1 aromatic heterocycles. The van der Waals surface area contributed by atoms with Crippen molar-refractivity contribution >= 4 is 16.6 Å². The summed E-state index contributed by atoms with van der Waals surface area (Å²) in [4.78, 5) is 12.3. The molecular weight excluding hydrogens is 424 g/mol. The van der Waals surface area contributed by atoms with E-state index in [9.17, 15) is 0 Å². The first-order chi connectivity index (χ1) is 16.8. The van der Waals surface area contributed by atoms with E-state index >= 15 is 0 Å². The largest absolute Gasteiger partial charge is 0.495 e. The van der Waals surface area contributed by atoms with Crippen molar-refractivity contribution < 1.29 is 9.47 Å². The highest BCUT2D eigenvalue weighted by Gasteiger charge is 2.29. The fourth-order valence-corrected chi connectivity index (χ4v) is 5.96. The molecule has 6 nitrogen and oxygen atoms in total. The topological polar surface area (TPSA) is 41.1 Å². The minimum atomic E-state index is 0.666. The summed E-state index contributed by atoms with van der Waals surface area (Å²) in [5.41, 5.74) is 4.88. The van der Waals surface area contributed by atoms with Gasteiger partial charge < -0.3 is 14.4 Å². The molecule has 2 aliphatic heterocycles. The van der Waals surface area contributed by atoms with Crippen LogP contribution in [-0.2, 0) is 13.1 Å². The van der Waals surface area contributed by atoms with E-state index in [2.05, 4.69) is 39.0 Å². The first-order valence-corrected chi connectivity index (χ1v) is 12.7. The number of nitrogens with zero attached hydrogens (tertiary/aromatic N) is 4. The lowest BCUT2D eigenvalue weighted by molar-refractivity contribution is 0.0589. The molecule has 0 N–H and O–H groups in total. The van der Waals surface area contributed by atoms with Gasteiger partial charge in [0, 0.05) is 62.5 Å². The summed E-state index contributed by atoms with van der Waals surface area (Å²) in [5, 5.41) is 1.22. The molecule has 6 heteroatoms. The molecule has 178 valence electrons. The lowest BCUT2D eigenvalue weighted by Crippen LogP contribution is -2.46. The third kappa shape index (κ3) is 4.10. The average molecular weight is 459 g/mol. The Morgan fingerprint density at radius 3 is 2.68 bits per heavy atom. The number of piperazine rings is 1. The highest BCUT2D eigenvalue weighted by molar-refractivity contribution is 5.89. The highest BCUT2D eigenvalue weighted by atomic mass is 16.5. The van der Waals surface area contributed by atoms with Crippen LogP contribution in [0.3, 0.4) is 0 Å². The standard InChI is InChI=1S/C28H34N4O2/c1-33-26-11-5-4-10-25(26)31-15-13-30(14-16-31)18-21-17-22-19-32(23-7-2-3-8-23)20-34-28(22)27-24(21)9-6-12-29-27/h4-6,9-12,17,23H,2-3,7-8,13-16,18-20H2,1H3. The highest BCUT2D eigenvalue weighted by Crippen LogP contribution is 2.37. The molecule has 3 aliphatic rings. The van der Waals surface area contributed by atoms with E-state index in [4.69, 9.17) is 14.5 Å². The van der Waals surface area contributed by atoms with Crippen LogP contribution in [-0.4, -0.2) is 60.8 Å². The van der Waals surface area contributed by atoms with Crippen LogP contribution in [0, 0.1) is 0 Å². The molecule has 2 fully saturated rings. The lowest BCUT2D eigenvalue weighted by atomic mass is 10.0. The fourth-order valence-electron chi connectivity index (χ4n) is 5.96. The van der Waals surface area contributed by atoms with Gasteiger partial charge in [-0.15, -0.1) is 0 Å². The van der Waals surface area contributed by atoms with Crippen LogP contribution in [0.5, 0.6) is 11.5 Å². The molecule has 1 saturated carbocycles. The summed E-state index contributed by atoms with van der Waals surface area (Å²) in [6.45, 7) is 6.66. The molecule has 1 saturated heterocycles. The predicted octanol–water partition coefficient (Wildman–Crippen LogP) is 4.66. The van der Waals surface area contributed by atoms with Crippen molar-refractivity contribution in [2.45, 2.75) is 44.8 Å². The van der Waals surface area contributed by atoms with Crippen molar-refractivity contribution in [1.82, 2.24) is 14.8 Å². The van der Waals surface area contributed by atoms with Gasteiger partial charge >= 0.3 is 0 Å². The lowest BCUT2D eigenvalue weighted by Gasteiger charge is -2.37. The minimum Gasteiger partial charge on any atom is -0.495 e. The van der Waals surface area contributed by atoms with E-state index in [0.29, 0.717) is 12.8 Å². The van der Waals surface area contributed by atoms with Crippen molar-refractivity contribution in [3.8, 4) is 11.5 Å². The van der Waals surface area contributed by atoms with Crippen molar-refractivity contribution in [2.24, 2.45) is 0 Å². The molecule has 0 bridgehead atoms. The predicted molar refractivity (Wildman–Crippen MR) is 136 cm³/mol. The van der Waals surface area contributed by atoms with Gasteiger partial charge in [0.25, 0.3) is 0 Å². The summed E-state index contributed by atoms with van der Waals surface area (Å²) in [6.07, 6.45) is 7.19. The molecule has 0 spiro atoms. The molecule has 6 rings (SSSR count). The zero-order chi connectivity index (χ0) is 22.9. The molecule has 3 aromatic rings. The average Bonchev–Trinajstić information content (AvgIpc) is 3.44. The summed E-state index contributed by atoms with van der Waals surface area (Å²) < 4.78 is 11.9. The van der Waals surface area contributed by atoms with Crippen LogP contribution in [0.1, 0.15) is 36.8 Å². The SMILES string of the molecule is COc1ccccc1N1CCN(Cc2cc3c(c4ncccc24)OCN(C2CCCC2)C3)CC1. The second-order valence-electron chi connectivity index (χ2n) is 9.82. The Bertz CT molecular complexity index is 1150. The molecule has 3 heterocycles. The Balaban J connectivity index is 1.21. The number of fused-ring (bicyclic) bond motifs is 3. The van der Waals surface area contributed by atoms with Gasteiger partial charge in [-0.25, -0.2) is 0 Å². The van der Waals surface area contributed by atoms with Crippen LogP contribution in [0.25, 0.3) is 10.9 Å². The van der Waals surface area contributed by atoms with Gasteiger partial charge in [0.1, 0.15) is 18.0 Å². The quantitative estimate of drug-likeness (QED) is 0.554. The fraction of sp³-hybridized carbons (Fsp3) is 0.464. The third-order valence-electron chi connectivity index (χ3n) is 7.79. The first kappa shape index (κ1) is 21.7. The van der Waals surface area contributed by atoms with E-state index in [1.54, 1.807) is 7.11 Å². The van der Waals surface area contributed by atoms with Crippen molar-refractivity contribution in [1.29, 1.82) is 0 Å². The van der Waals surface area contributed by atoms with E-state index in [-0.39, 0.29) is 0 Å². The van der Waals surface area contributed by atoms with Crippen LogP contribution in [0.15, 0.2) is 48.7 Å². The number of ether oxygens (including phenoxy) is 2. The third-order valence-corrected chi connectivity index (χ3v) is 7.79. The molecule has 0 unspecified atom stereocenters. The van der Waals surface area contributed by atoms with E-state index in [1.807, 2.05) is 24.4 Å². The van der Waals surface area contributed by atoms with Crippen LogP contribution in [0.4, 0.5) is 5.69 Å².